The molecule has 0 saturated heterocycles. The standard InChI is InChI=1S/C12H12N2O3/c1-3-7-13-12(17)14-9-6-4-5-8(2)10(9)11(15)16/h1,4-6H,7H2,2H3,(H,15,16)(H2,13,14,17). The Balaban J connectivity index is 2.92. The predicted molar refractivity (Wildman–Crippen MR) is 64.0 cm³/mol. The Kier molecular flexibility index (Phi) is 4.12. The highest BCUT2D eigenvalue weighted by molar-refractivity contribution is 6.01. The van der Waals surface area contributed by atoms with E-state index in [-0.39, 0.29) is 17.8 Å². The van der Waals surface area contributed by atoms with E-state index in [1.165, 1.54) is 6.07 Å². The zero-order valence-electron chi connectivity index (χ0n) is 9.28. The fraction of sp³-hybridized carbons (Fsp3) is 0.167. The number of anilines is 1. The van der Waals surface area contributed by atoms with Crippen LogP contribution in [0.1, 0.15) is 15.9 Å². The second kappa shape index (κ2) is 5.56. The van der Waals surface area contributed by atoms with Crippen LogP contribution in [0.15, 0.2) is 18.2 Å². The summed E-state index contributed by atoms with van der Waals surface area (Å²) >= 11 is 0. The van der Waals surface area contributed by atoms with Crippen molar-refractivity contribution >= 4 is 17.7 Å². The minimum Gasteiger partial charge on any atom is -0.478 e. The Labute approximate surface area is 98.8 Å². The van der Waals surface area contributed by atoms with Crippen molar-refractivity contribution in [3.05, 3.63) is 29.3 Å². The van der Waals surface area contributed by atoms with E-state index < -0.39 is 12.0 Å². The summed E-state index contributed by atoms with van der Waals surface area (Å²) < 4.78 is 0. The number of carboxylic acids is 1. The highest BCUT2D eigenvalue weighted by atomic mass is 16.4. The van der Waals surface area contributed by atoms with E-state index in [2.05, 4.69) is 16.6 Å². The van der Waals surface area contributed by atoms with E-state index in [1.807, 2.05) is 0 Å². The van der Waals surface area contributed by atoms with Crippen LogP contribution in [0.4, 0.5) is 10.5 Å². The topological polar surface area (TPSA) is 78.4 Å². The zero-order chi connectivity index (χ0) is 12.8. The largest absolute Gasteiger partial charge is 0.478 e. The SMILES string of the molecule is C#CCNC(=O)Nc1cccc(C)c1C(=O)O. The molecule has 0 radical (unpaired) electrons. The van der Waals surface area contributed by atoms with Crippen LogP contribution in [0.5, 0.6) is 0 Å². The Bertz CT molecular complexity index is 489. The third-order valence-electron chi connectivity index (χ3n) is 2.09. The maximum atomic E-state index is 11.3. The lowest BCUT2D eigenvalue weighted by atomic mass is 10.1. The quantitative estimate of drug-likeness (QED) is 0.690. The monoisotopic (exact) mass is 232 g/mol. The van der Waals surface area contributed by atoms with Crippen molar-refractivity contribution in [2.24, 2.45) is 0 Å². The van der Waals surface area contributed by atoms with E-state index >= 15 is 0 Å². The minimum absolute atomic E-state index is 0.0726. The molecule has 0 atom stereocenters. The van der Waals surface area contributed by atoms with Gasteiger partial charge in [0.2, 0.25) is 0 Å². The van der Waals surface area contributed by atoms with Gasteiger partial charge >= 0.3 is 12.0 Å². The van der Waals surface area contributed by atoms with Gasteiger partial charge in [-0.2, -0.15) is 0 Å². The smallest absolute Gasteiger partial charge is 0.338 e. The number of nitrogens with one attached hydrogen (secondary N) is 2. The van der Waals surface area contributed by atoms with E-state index in [9.17, 15) is 9.59 Å². The minimum atomic E-state index is -1.09. The molecule has 1 aromatic carbocycles. The average Bonchev–Trinajstić information content (AvgIpc) is 2.25. The van der Waals surface area contributed by atoms with Gasteiger partial charge in [-0.3, -0.25) is 0 Å². The van der Waals surface area contributed by atoms with Gasteiger partial charge in [-0.15, -0.1) is 6.42 Å². The van der Waals surface area contributed by atoms with Gasteiger partial charge in [-0.1, -0.05) is 18.1 Å². The molecule has 1 rings (SSSR count). The van der Waals surface area contributed by atoms with Crippen LogP contribution < -0.4 is 10.6 Å². The summed E-state index contributed by atoms with van der Waals surface area (Å²) in [4.78, 5) is 22.4. The van der Waals surface area contributed by atoms with Gasteiger partial charge < -0.3 is 15.7 Å². The maximum Gasteiger partial charge on any atom is 0.338 e. The Morgan fingerprint density at radius 2 is 2.18 bits per heavy atom. The van der Waals surface area contributed by atoms with E-state index in [0.717, 1.165) is 0 Å². The second-order valence-corrected chi connectivity index (χ2v) is 3.31. The fourth-order valence-electron chi connectivity index (χ4n) is 1.35. The van der Waals surface area contributed by atoms with Crippen LogP contribution in [0.2, 0.25) is 0 Å². The van der Waals surface area contributed by atoms with E-state index in [4.69, 9.17) is 11.5 Å². The van der Waals surface area contributed by atoms with Crippen LogP contribution >= 0.6 is 0 Å². The molecule has 0 aliphatic rings. The third kappa shape index (κ3) is 3.24. The first-order valence-electron chi connectivity index (χ1n) is 4.87. The number of aromatic carboxylic acids is 1. The summed E-state index contributed by atoms with van der Waals surface area (Å²) in [7, 11) is 0. The number of aryl methyl sites for hydroxylation is 1. The third-order valence-corrected chi connectivity index (χ3v) is 2.09. The Hall–Kier alpha value is -2.48. The summed E-state index contributed by atoms with van der Waals surface area (Å²) in [5, 5.41) is 13.9. The number of hydrogen-bond donors (Lipinski definition) is 3. The molecule has 88 valence electrons. The van der Waals surface area contributed by atoms with Crippen LogP contribution in [-0.2, 0) is 0 Å². The van der Waals surface area contributed by atoms with Crippen LogP contribution in [0.3, 0.4) is 0 Å². The van der Waals surface area contributed by atoms with Gasteiger partial charge in [-0.05, 0) is 18.6 Å². The summed E-state index contributed by atoms with van der Waals surface area (Å²) in [6, 6.07) is 4.31. The Morgan fingerprint density at radius 3 is 2.76 bits per heavy atom. The van der Waals surface area contributed by atoms with Gasteiger partial charge in [0, 0.05) is 0 Å². The molecule has 1 aromatic rings. The molecule has 0 spiro atoms. The molecule has 0 aliphatic heterocycles. The van der Waals surface area contributed by atoms with Crippen LogP contribution in [0.25, 0.3) is 0 Å². The number of urea groups is 1. The van der Waals surface area contributed by atoms with Crippen molar-refractivity contribution in [3.63, 3.8) is 0 Å². The number of carbonyl (C=O) groups is 2. The lowest BCUT2D eigenvalue weighted by Crippen LogP contribution is -2.29. The highest BCUT2D eigenvalue weighted by Gasteiger charge is 2.14. The van der Waals surface area contributed by atoms with Crippen molar-refractivity contribution in [2.75, 3.05) is 11.9 Å². The van der Waals surface area contributed by atoms with Crippen molar-refractivity contribution in [1.29, 1.82) is 0 Å². The number of amides is 2. The maximum absolute atomic E-state index is 11.3. The average molecular weight is 232 g/mol. The first-order valence-corrected chi connectivity index (χ1v) is 4.87. The van der Waals surface area contributed by atoms with Crippen molar-refractivity contribution in [1.82, 2.24) is 5.32 Å². The van der Waals surface area contributed by atoms with E-state index in [0.29, 0.717) is 5.56 Å². The lowest BCUT2D eigenvalue weighted by molar-refractivity contribution is 0.0697. The molecule has 0 unspecified atom stereocenters. The number of hydrogen-bond acceptors (Lipinski definition) is 2. The van der Waals surface area contributed by atoms with Gasteiger partial charge in [0.15, 0.2) is 0 Å². The van der Waals surface area contributed by atoms with Crippen molar-refractivity contribution < 1.29 is 14.7 Å². The number of carbonyl (C=O) groups excluding carboxylic acids is 1. The molecule has 0 bridgehead atoms. The molecule has 2 amide bonds. The molecule has 0 aliphatic carbocycles. The molecule has 17 heavy (non-hydrogen) atoms. The van der Waals surface area contributed by atoms with Crippen molar-refractivity contribution in [3.8, 4) is 12.3 Å². The number of terminal acetylenes is 1. The first-order chi connectivity index (χ1) is 8.06. The van der Waals surface area contributed by atoms with Crippen molar-refractivity contribution in [2.45, 2.75) is 6.92 Å². The molecule has 0 saturated carbocycles. The summed E-state index contributed by atoms with van der Waals surface area (Å²) in [6.45, 7) is 1.74. The number of benzene rings is 1. The van der Waals surface area contributed by atoms with Gasteiger partial charge in [0.05, 0.1) is 17.8 Å². The summed E-state index contributed by atoms with van der Waals surface area (Å²) in [5.74, 6) is 1.16. The highest BCUT2D eigenvalue weighted by Crippen LogP contribution is 2.19. The zero-order valence-corrected chi connectivity index (χ0v) is 9.28. The molecule has 0 heterocycles. The Morgan fingerprint density at radius 1 is 1.47 bits per heavy atom. The van der Waals surface area contributed by atoms with Gasteiger partial charge in [0.25, 0.3) is 0 Å². The molecular formula is C12H12N2O3. The molecule has 0 fully saturated rings. The van der Waals surface area contributed by atoms with E-state index in [1.54, 1.807) is 19.1 Å². The molecule has 5 heteroatoms. The number of rotatable bonds is 3. The molecule has 3 N–H and O–H groups in total. The second-order valence-electron chi connectivity index (χ2n) is 3.31. The van der Waals surface area contributed by atoms with Crippen LogP contribution in [-0.4, -0.2) is 23.7 Å². The van der Waals surface area contributed by atoms with Crippen LogP contribution in [0, 0.1) is 19.3 Å². The summed E-state index contributed by atoms with van der Waals surface area (Å²) in [5.41, 5.74) is 0.891. The molecular weight excluding hydrogens is 220 g/mol. The molecule has 0 aromatic heterocycles. The lowest BCUT2D eigenvalue weighted by Gasteiger charge is -2.10. The summed E-state index contributed by atoms with van der Waals surface area (Å²) in [6.07, 6.45) is 4.99. The predicted octanol–water partition coefficient (Wildman–Crippen LogP) is 1.45. The van der Waals surface area contributed by atoms with Gasteiger partial charge in [-0.25, -0.2) is 9.59 Å². The molecule has 5 nitrogen and oxygen atoms in total. The first kappa shape index (κ1) is 12.6. The number of carboxylic acid groups (broad SMARTS) is 1. The fourth-order valence-corrected chi connectivity index (χ4v) is 1.35. The normalized spacial score (nSPS) is 9.18. The van der Waals surface area contributed by atoms with Gasteiger partial charge in [0.1, 0.15) is 0 Å².